The van der Waals surface area contributed by atoms with Crippen LogP contribution in [0.1, 0.15) is 35.3 Å². The highest BCUT2D eigenvalue weighted by molar-refractivity contribution is 7.88. The zero-order valence-corrected chi connectivity index (χ0v) is 15.6. The summed E-state index contributed by atoms with van der Waals surface area (Å²) in [6, 6.07) is 5.78. The Morgan fingerprint density at radius 3 is 1.67 bits per heavy atom. The quantitative estimate of drug-likeness (QED) is 0.320. The molecular formula is C17H40N2O6S2. The van der Waals surface area contributed by atoms with Crippen molar-refractivity contribution < 1.29 is 30.6 Å². The van der Waals surface area contributed by atoms with Crippen molar-refractivity contribution in [2.75, 3.05) is 40.9 Å². The van der Waals surface area contributed by atoms with Gasteiger partial charge in [-0.1, -0.05) is 47.4 Å². The molecule has 0 aliphatic heterocycles. The largest absolute Gasteiger partial charge is 0.744 e. The summed E-state index contributed by atoms with van der Waals surface area (Å²) >= 11 is 0. The van der Waals surface area contributed by atoms with E-state index in [9.17, 15) is 21.4 Å². The first-order valence-electron chi connectivity index (χ1n) is 6.56. The molecule has 0 radical (unpaired) electrons. The van der Waals surface area contributed by atoms with E-state index in [2.05, 4.69) is 4.72 Å². The fraction of sp³-hybridized carbons (Fsp3) is 0.647. The number of quaternary nitrogens is 1. The summed E-state index contributed by atoms with van der Waals surface area (Å²) in [5, 5.41) is 0. The van der Waals surface area contributed by atoms with Gasteiger partial charge in [0, 0.05) is 0 Å². The van der Waals surface area contributed by atoms with Gasteiger partial charge in [0.05, 0.1) is 32.3 Å². The van der Waals surface area contributed by atoms with E-state index in [0.29, 0.717) is 11.2 Å². The van der Waals surface area contributed by atoms with Crippen LogP contribution in [0.2, 0.25) is 0 Å². The summed E-state index contributed by atoms with van der Waals surface area (Å²) in [5.74, 6) is 0. The van der Waals surface area contributed by atoms with E-state index >= 15 is 0 Å². The fourth-order valence-electron chi connectivity index (χ4n) is 1.17. The van der Waals surface area contributed by atoms with Gasteiger partial charge in [-0.2, -0.15) is 4.72 Å². The average Bonchev–Trinajstić information content (AvgIpc) is 2.33. The molecule has 0 fully saturated rings. The highest BCUT2D eigenvalue weighted by Crippen LogP contribution is 2.08. The Balaban J connectivity index is -0.000000104. The van der Waals surface area contributed by atoms with Crippen LogP contribution in [0, 0.1) is 6.92 Å². The minimum absolute atomic E-state index is 0. The van der Waals surface area contributed by atoms with Crippen LogP contribution in [0.3, 0.4) is 0 Å². The van der Waals surface area contributed by atoms with Gasteiger partial charge in [-0.15, -0.1) is 0 Å². The van der Waals surface area contributed by atoms with Crippen LogP contribution in [0.4, 0.5) is 0 Å². The molecule has 0 heterocycles. The van der Waals surface area contributed by atoms with E-state index < -0.39 is 20.1 Å². The number of aryl methyl sites for hydroxylation is 1. The molecule has 1 aromatic carbocycles. The van der Waals surface area contributed by atoms with Crippen molar-refractivity contribution >= 4 is 20.1 Å². The first-order valence-corrected chi connectivity index (χ1v) is 9.86. The van der Waals surface area contributed by atoms with Crippen LogP contribution < -0.4 is 4.72 Å². The molecule has 0 aliphatic rings. The van der Waals surface area contributed by atoms with Crippen molar-refractivity contribution in [1.82, 2.24) is 4.72 Å². The van der Waals surface area contributed by atoms with E-state index in [-0.39, 0.29) is 41.3 Å². The molecule has 0 unspecified atom stereocenters. The zero-order chi connectivity index (χ0) is 18.3. The summed E-state index contributed by atoms with van der Waals surface area (Å²) in [4.78, 5) is -0.178. The van der Waals surface area contributed by atoms with Crippen molar-refractivity contribution in [2.45, 2.75) is 41.5 Å². The summed E-state index contributed by atoms with van der Waals surface area (Å²) in [7, 11) is -1.52. The molecule has 0 saturated carbocycles. The third kappa shape index (κ3) is 22.9. The molecule has 0 bridgehead atoms. The molecule has 166 valence electrons. The monoisotopic (exact) mass is 432 g/mol. The molecular weight excluding hydrogens is 392 g/mol. The van der Waals surface area contributed by atoms with Crippen LogP contribution in [-0.4, -0.2) is 66.7 Å². The second-order valence-electron chi connectivity index (χ2n) is 5.95. The second kappa shape index (κ2) is 14.9. The number of nitrogens with zero attached hydrogens (tertiary/aromatic N) is 1. The number of rotatable bonds is 6. The molecule has 27 heavy (non-hydrogen) atoms. The van der Waals surface area contributed by atoms with E-state index in [1.807, 2.05) is 28.1 Å². The Morgan fingerprint density at radius 1 is 0.963 bits per heavy atom. The van der Waals surface area contributed by atoms with Crippen LogP contribution >= 0.6 is 0 Å². The summed E-state index contributed by atoms with van der Waals surface area (Å²) in [6.45, 7) is 2.33. The molecule has 0 saturated heterocycles. The van der Waals surface area contributed by atoms with Crippen molar-refractivity contribution in [2.24, 2.45) is 0 Å². The van der Waals surface area contributed by atoms with Crippen molar-refractivity contribution in [3.63, 3.8) is 0 Å². The van der Waals surface area contributed by atoms with Crippen molar-refractivity contribution in [3.8, 4) is 0 Å². The van der Waals surface area contributed by atoms with Gasteiger partial charge in [-0.05, 0) is 19.1 Å². The van der Waals surface area contributed by atoms with E-state index in [1.54, 1.807) is 12.1 Å². The molecule has 0 atom stereocenters. The minimum Gasteiger partial charge on any atom is -0.744 e. The number of hydrogen-bond donors (Lipinski definition) is 1. The normalized spacial score (nSPS) is 10.6. The molecule has 1 N–H and O–H groups in total. The lowest BCUT2D eigenvalue weighted by molar-refractivity contribution is -0.890. The highest BCUT2D eigenvalue weighted by atomic mass is 32.2. The number of sulfonamides is 1. The highest BCUT2D eigenvalue weighted by Gasteiger charge is 2.06. The first kappa shape index (κ1) is 36.8. The molecule has 0 spiro atoms. The molecule has 0 aliphatic carbocycles. The van der Waals surface area contributed by atoms with E-state index in [1.165, 1.54) is 12.1 Å². The lowest BCUT2D eigenvalue weighted by atomic mass is 10.2. The Hall–Kier alpha value is -1.04. The average molecular weight is 433 g/mol. The summed E-state index contributed by atoms with van der Waals surface area (Å²) < 4.78 is 60.2. The predicted octanol–water partition coefficient (Wildman–Crippen LogP) is 2.62. The zero-order valence-electron chi connectivity index (χ0n) is 13.9. The molecule has 1 rings (SSSR count). The lowest BCUT2D eigenvalue weighted by Crippen LogP contribution is -2.38. The Morgan fingerprint density at radius 2 is 1.37 bits per heavy atom. The van der Waals surface area contributed by atoms with Gasteiger partial charge in [0.15, 0.2) is 6.73 Å². The van der Waals surface area contributed by atoms with Crippen LogP contribution in [0.25, 0.3) is 0 Å². The Kier molecular flexibility index (Phi) is 20.4. The van der Waals surface area contributed by atoms with Gasteiger partial charge in [-0.3, -0.25) is 0 Å². The van der Waals surface area contributed by atoms with Gasteiger partial charge in [0.1, 0.15) is 16.8 Å². The smallest absolute Gasteiger partial charge is 0.210 e. The van der Waals surface area contributed by atoms with Gasteiger partial charge in [0.25, 0.3) is 0 Å². The van der Waals surface area contributed by atoms with Crippen molar-refractivity contribution in [3.05, 3.63) is 29.8 Å². The van der Waals surface area contributed by atoms with Crippen LogP contribution in [0.15, 0.2) is 29.2 Å². The maximum Gasteiger partial charge on any atom is 0.210 e. The third-order valence-corrected chi connectivity index (χ3v) is 3.70. The number of hydrogen-bond acceptors (Lipinski definition) is 6. The fourth-order valence-corrected chi connectivity index (χ4v) is 1.94. The topological polar surface area (TPSA) is 113 Å². The Labute approximate surface area is 167 Å². The standard InChI is InChI=1S/C7H8O3S.C6H17N2O3S.4CH4/c1-6-2-4-7(5-3-6)11(8,9)10;1-8(2,3)6-11-5-7-12(4,9)10;;;;/h2-5H,1H3,(H,8,9,10);7H,5-6H2,1-4H3;4*1H4/q;+1;;;;/p-1. The van der Waals surface area contributed by atoms with Gasteiger partial charge < -0.3 is 13.8 Å². The molecule has 10 heteroatoms. The number of nitrogens with one attached hydrogen (secondary N) is 1. The Bertz CT molecular complexity index is 679. The maximum atomic E-state index is 10.6. The first-order chi connectivity index (χ1) is 10.2. The molecule has 0 aromatic heterocycles. The minimum atomic E-state index is -4.27. The predicted molar refractivity (Wildman–Crippen MR) is 113 cm³/mol. The van der Waals surface area contributed by atoms with Gasteiger partial charge >= 0.3 is 0 Å². The van der Waals surface area contributed by atoms with Gasteiger partial charge in [0.2, 0.25) is 10.0 Å². The summed E-state index contributed by atoms with van der Waals surface area (Å²) in [5.41, 5.74) is 0.928. The number of ether oxygens (including phenoxy) is 1. The summed E-state index contributed by atoms with van der Waals surface area (Å²) in [6.07, 6.45) is 1.10. The van der Waals surface area contributed by atoms with Crippen LogP contribution in [0.5, 0.6) is 0 Å². The molecule has 8 nitrogen and oxygen atoms in total. The number of benzene rings is 1. The molecule has 0 amide bonds. The van der Waals surface area contributed by atoms with E-state index in [4.69, 9.17) is 4.74 Å². The van der Waals surface area contributed by atoms with Gasteiger partial charge in [-0.25, -0.2) is 16.8 Å². The third-order valence-electron chi connectivity index (χ3n) is 2.21. The SMILES string of the molecule is C.C.C.C.C[N+](C)(C)COCNS(C)(=O)=O.Cc1ccc(S(=O)(=O)[O-])cc1. The van der Waals surface area contributed by atoms with E-state index in [0.717, 1.165) is 11.8 Å². The lowest BCUT2D eigenvalue weighted by Gasteiger charge is -2.23. The van der Waals surface area contributed by atoms with Crippen molar-refractivity contribution in [1.29, 1.82) is 0 Å². The molecule has 1 aromatic rings. The van der Waals surface area contributed by atoms with Crippen LogP contribution in [-0.2, 0) is 24.9 Å². The second-order valence-corrected chi connectivity index (χ2v) is 9.16. The maximum absolute atomic E-state index is 10.6.